The third-order valence-corrected chi connectivity index (χ3v) is 11.9. The Kier molecular flexibility index (Phi) is 48.1. The number of allylic oxidation sites excluding steroid dienone is 6. The fraction of sp³-hybridized carbons (Fsp3) is 0.852. The molecule has 0 aliphatic heterocycles. The molecule has 0 aliphatic carbocycles. The number of rotatable bonds is 48. The van der Waals surface area contributed by atoms with Crippen LogP contribution in [0.1, 0.15) is 271 Å². The number of aliphatic hydroxyl groups excluding tert-OH is 2. The SMILES string of the molecule is CCCCC/C=C\C/C=C\CCCCCCCCCC(=O)OCCCC/C=C\CCCCCCC(=O)NC(CO)C(O)CCCCCCCCCCCCCCCCCC. The van der Waals surface area contributed by atoms with Gasteiger partial charge < -0.3 is 20.3 Å². The highest BCUT2D eigenvalue weighted by molar-refractivity contribution is 5.76. The number of esters is 1. The highest BCUT2D eigenvalue weighted by Gasteiger charge is 2.20. The quantitative estimate of drug-likeness (QED) is 0.0322. The topological polar surface area (TPSA) is 95.9 Å². The molecule has 6 nitrogen and oxygen atoms in total. The van der Waals surface area contributed by atoms with Crippen LogP contribution in [0.4, 0.5) is 0 Å². The molecule has 0 saturated heterocycles. The van der Waals surface area contributed by atoms with Gasteiger partial charge in [0.25, 0.3) is 0 Å². The highest BCUT2D eigenvalue weighted by Crippen LogP contribution is 2.16. The molecule has 0 aromatic rings. The maximum atomic E-state index is 12.4. The van der Waals surface area contributed by atoms with Crippen LogP contribution in [0.3, 0.4) is 0 Å². The van der Waals surface area contributed by atoms with Crippen molar-refractivity contribution in [2.45, 2.75) is 283 Å². The van der Waals surface area contributed by atoms with Crippen LogP contribution < -0.4 is 5.32 Å². The Bertz CT molecular complexity index is 977. The van der Waals surface area contributed by atoms with Crippen LogP contribution >= 0.6 is 0 Å². The van der Waals surface area contributed by atoms with Crippen molar-refractivity contribution in [2.75, 3.05) is 13.2 Å². The predicted octanol–water partition coefficient (Wildman–Crippen LogP) is 15.7. The van der Waals surface area contributed by atoms with E-state index in [1.54, 1.807) is 0 Å². The summed E-state index contributed by atoms with van der Waals surface area (Å²) in [6.45, 7) is 4.84. The summed E-state index contributed by atoms with van der Waals surface area (Å²) in [7, 11) is 0. The molecule has 0 aromatic heterocycles. The lowest BCUT2D eigenvalue weighted by molar-refractivity contribution is -0.143. The standard InChI is InChI=1S/C54H101NO5/c1-3-5-7-9-11-13-15-17-19-21-23-25-27-32-36-40-44-48-54(59)60-49-45-41-37-33-29-28-31-35-39-43-47-53(58)55-51(50-56)52(57)46-42-38-34-30-26-24-22-20-18-16-14-12-10-8-6-4-2/h11,13,17,19,29,33,51-52,56-57H,3-10,12,14-16,18,20-28,30-32,34-50H2,1-2H3,(H,55,58)/b13-11-,19-17-,33-29-. The summed E-state index contributed by atoms with van der Waals surface area (Å²) in [4.78, 5) is 24.5. The van der Waals surface area contributed by atoms with Crippen molar-refractivity contribution in [3.63, 3.8) is 0 Å². The molecule has 2 atom stereocenters. The van der Waals surface area contributed by atoms with E-state index in [1.807, 2.05) is 0 Å². The van der Waals surface area contributed by atoms with Gasteiger partial charge in [-0.1, -0.05) is 211 Å². The molecule has 2 unspecified atom stereocenters. The molecule has 3 N–H and O–H groups in total. The van der Waals surface area contributed by atoms with Crippen LogP contribution in [0.2, 0.25) is 0 Å². The Morgan fingerprint density at radius 1 is 0.467 bits per heavy atom. The summed E-state index contributed by atoms with van der Waals surface area (Å²) >= 11 is 0. The predicted molar refractivity (Wildman–Crippen MR) is 259 cm³/mol. The number of amides is 1. The summed E-state index contributed by atoms with van der Waals surface area (Å²) in [6, 6.07) is -0.568. The number of carbonyl (C=O) groups is 2. The van der Waals surface area contributed by atoms with Crippen molar-refractivity contribution < 1.29 is 24.5 Å². The number of carbonyl (C=O) groups excluding carboxylic acids is 2. The number of aliphatic hydroxyl groups is 2. The van der Waals surface area contributed by atoms with E-state index in [9.17, 15) is 19.8 Å². The molecule has 0 fully saturated rings. The van der Waals surface area contributed by atoms with Crippen molar-refractivity contribution in [2.24, 2.45) is 0 Å². The van der Waals surface area contributed by atoms with Gasteiger partial charge in [-0.15, -0.1) is 0 Å². The fourth-order valence-electron chi connectivity index (χ4n) is 7.84. The molecule has 60 heavy (non-hydrogen) atoms. The zero-order valence-corrected chi connectivity index (χ0v) is 39.9. The zero-order chi connectivity index (χ0) is 43.7. The van der Waals surface area contributed by atoms with Gasteiger partial charge in [0.05, 0.1) is 25.4 Å². The smallest absolute Gasteiger partial charge is 0.305 e. The third-order valence-electron chi connectivity index (χ3n) is 11.9. The summed E-state index contributed by atoms with van der Waals surface area (Å²) in [5, 5.41) is 23.2. The molecule has 0 bridgehead atoms. The average molecular weight is 844 g/mol. The van der Waals surface area contributed by atoms with Gasteiger partial charge in [-0.3, -0.25) is 9.59 Å². The lowest BCUT2D eigenvalue weighted by Gasteiger charge is -2.22. The van der Waals surface area contributed by atoms with Gasteiger partial charge in [-0.25, -0.2) is 0 Å². The normalized spacial score (nSPS) is 12.9. The molecule has 6 heteroatoms. The van der Waals surface area contributed by atoms with E-state index in [-0.39, 0.29) is 18.5 Å². The Labute approximate surface area is 373 Å². The lowest BCUT2D eigenvalue weighted by atomic mass is 10.0. The van der Waals surface area contributed by atoms with Crippen LogP contribution in [0.25, 0.3) is 0 Å². The monoisotopic (exact) mass is 844 g/mol. The van der Waals surface area contributed by atoms with Gasteiger partial charge in [0, 0.05) is 12.8 Å². The molecule has 1 amide bonds. The van der Waals surface area contributed by atoms with Crippen LogP contribution in [0.5, 0.6) is 0 Å². The molecule has 0 heterocycles. The summed E-state index contributed by atoms with van der Waals surface area (Å²) in [5.41, 5.74) is 0. The Balaban J connectivity index is 3.53. The Hall–Kier alpha value is -1.92. The van der Waals surface area contributed by atoms with E-state index in [0.29, 0.717) is 25.9 Å². The average Bonchev–Trinajstić information content (AvgIpc) is 3.25. The largest absolute Gasteiger partial charge is 0.466 e. The van der Waals surface area contributed by atoms with Crippen LogP contribution in [0.15, 0.2) is 36.5 Å². The number of nitrogens with one attached hydrogen (secondary N) is 1. The van der Waals surface area contributed by atoms with Gasteiger partial charge in [0.2, 0.25) is 5.91 Å². The molecule has 0 aromatic carbocycles. The van der Waals surface area contributed by atoms with E-state index < -0.39 is 12.1 Å². The molecular weight excluding hydrogens is 743 g/mol. The molecular formula is C54H101NO5. The molecule has 0 rings (SSSR count). The van der Waals surface area contributed by atoms with Gasteiger partial charge in [-0.2, -0.15) is 0 Å². The second-order valence-electron chi connectivity index (χ2n) is 17.8. The van der Waals surface area contributed by atoms with E-state index >= 15 is 0 Å². The number of hydrogen-bond acceptors (Lipinski definition) is 5. The first-order valence-corrected chi connectivity index (χ1v) is 26.2. The molecule has 0 radical (unpaired) electrons. The first-order valence-electron chi connectivity index (χ1n) is 26.2. The van der Waals surface area contributed by atoms with E-state index in [1.165, 1.54) is 154 Å². The van der Waals surface area contributed by atoms with Gasteiger partial charge in [-0.05, 0) is 83.5 Å². The maximum Gasteiger partial charge on any atom is 0.305 e. The lowest BCUT2D eigenvalue weighted by Crippen LogP contribution is -2.45. The molecule has 352 valence electrons. The zero-order valence-electron chi connectivity index (χ0n) is 39.9. The van der Waals surface area contributed by atoms with E-state index in [2.05, 4.69) is 55.6 Å². The number of hydrogen-bond donors (Lipinski definition) is 3. The third kappa shape index (κ3) is 45.6. The van der Waals surface area contributed by atoms with Crippen LogP contribution in [-0.2, 0) is 14.3 Å². The van der Waals surface area contributed by atoms with Crippen LogP contribution in [-0.4, -0.2) is 47.4 Å². The number of ether oxygens (including phenoxy) is 1. The first kappa shape index (κ1) is 58.1. The minimum atomic E-state index is -0.687. The van der Waals surface area contributed by atoms with Crippen molar-refractivity contribution in [3.05, 3.63) is 36.5 Å². The fourth-order valence-corrected chi connectivity index (χ4v) is 7.84. The summed E-state index contributed by atoms with van der Waals surface area (Å²) in [6.07, 6.45) is 59.7. The second-order valence-corrected chi connectivity index (χ2v) is 17.8. The maximum absolute atomic E-state index is 12.4. The summed E-state index contributed by atoms with van der Waals surface area (Å²) < 4.78 is 5.44. The molecule has 0 aliphatic rings. The van der Waals surface area contributed by atoms with Crippen molar-refractivity contribution in [3.8, 4) is 0 Å². The van der Waals surface area contributed by atoms with E-state index in [0.717, 1.165) is 83.5 Å². The highest BCUT2D eigenvalue weighted by atomic mass is 16.5. The van der Waals surface area contributed by atoms with Gasteiger partial charge in [0.15, 0.2) is 0 Å². The van der Waals surface area contributed by atoms with Gasteiger partial charge in [0.1, 0.15) is 0 Å². The minimum absolute atomic E-state index is 0.0443. The molecule has 0 spiro atoms. The number of unbranched alkanes of at least 4 members (excludes halogenated alkanes) is 31. The summed E-state index contributed by atoms with van der Waals surface area (Å²) in [5.74, 6) is -0.116. The Morgan fingerprint density at radius 2 is 0.833 bits per heavy atom. The van der Waals surface area contributed by atoms with Crippen molar-refractivity contribution >= 4 is 11.9 Å². The van der Waals surface area contributed by atoms with Gasteiger partial charge >= 0.3 is 5.97 Å². The Morgan fingerprint density at radius 3 is 1.32 bits per heavy atom. The molecule has 0 saturated carbocycles. The minimum Gasteiger partial charge on any atom is -0.466 e. The van der Waals surface area contributed by atoms with E-state index in [4.69, 9.17) is 4.74 Å². The second kappa shape index (κ2) is 49.7. The van der Waals surface area contributed by atoms with Crippen molar-refractivity contribution in [1.82, 2.24) is 5.32 Å². The van der Waals surface area contributed by atoms with Crippen molar-refractivity contribution in [1.29, 1.82) is 0 Å². The van der Waals surface area contributed by atoms with Crippen LogP contribution in [0, 0.1) is 0 Å². The first-order chi connectivity index (χ1) is 29.5.